The molecule has 0 saturated carbocycles. The topological polar surface area (TPSA) is 58.3 Å². The fourth-order valence-electron chi connectivity index (χ4n) is 3.05. The molecule has 0 aliphatic carbocycles. The third kappa shape index (κ3) is 3.17. The maximum absolute atomic E-state index is 13.9. The first-order valence-electron chi connectivity index (χ1n) is 8.62. The Morgan fingerprint density at radius 3 is 2.73 bits per heavy atom. The van der Waals surface area contributed by atoms with Crippen molar-refractivity contribution in [2.24, 2.45) is 0 Å². The summed E-state index contributed by atoms with van der Waals surface area (Å²) in [5, 5.41) is 3.88. The summed E-state index contributed by atoms with van der Waals surface area (Å²) in [6.07, 6.45) is 1.72. The lowest BCUT2D eigenvalue weighted by atomic mass is 10.2. The van der Waals surface area contributed by atoms with Gasteiger partial charge in [-0.1, -0.05) is 17.3 Å². The number of hydrogen-bond donors (Lipinski definition) is 0. The van der Waals surface area contributed by atoms with Crippen LogP contribution in [0.2, 0.25) is 0 Å². The summed E-state index contributed by atoms with van der Waals surface area (Å²) in [4.78, 5) is 13.5. The van der Waals surface area contributed by atoms with Crippen LogP contribution in [0.25, 0.3) is 22.8 Å². The van der Waals surface area contributed by atoms with Crippen LogP contribution in [0.1, 0.15) is 6.92 Å². The van der Waals surface area contributed by atoms with E-state index in [1.54, 1.807) is 24.4 Å². The monoisotopic (exact) mass is 353 g/mol. The third-order valence-electron chi connectivity index (χ3n) is 4.82. The summed E-state index contributed by atoms with van der Waals surface area (Å²) in [6, 6.07) is 10.7. The van der Waals surface area contributed by atoms with Crippen molar-refractivity contribution in [3.8, 4) is 22.8 Å². The Labute approximate surface area is 151 Å². The summed E-state index contributed by atoms with van der Waals surface area (Å²) in [7, 11) is 2.14. The van der Waals surface area contributed by atoms with Gasteiger partial charge >= 0.3 is 0 Å². The summed E-state index contributed by atoms with van der Waals surface area (Å²) >= 11 is 0. The molecule has 134 valence electrons. The quantitative estimate of drug-likeness (QED) is 0.721. The molecule has 26 heavy (non-hydrogen) atoms. The molecule has 1 aliphatic rings. The van der Waals surface area contributed by atoms with Gasteiger partial charge in [0.05, 0.1) is 11.1 Å². The highest BCUT2D eigenvalue weighted by atomic mass is 19.1. The van der Waals surface area contributed by atoms with E-state index >= 15 is 0 Å². The van der Waals surface area contributed by atoms with Gasteiger partial charge in [0.2, 0.25) is 5.82 Å². The fourth-order valence-corrected chi connectivity index (χ4v) is 3.05. The van der Waals surface area contributed by atoms with E-state index in [-0.39, 0.29) is 11.6 Å². The second-order valence-electron chi connectivity index (χ2n) is 6.58. The molecular formula is C19H20FN5O. The molecule has 1 aliphatic heterocycles. The van der Waals surface area contributed by atoms with E-state index in [2.05, 4.69) is 38.9 Å². The smallest absolute Gasteiger partial charge is 0.259 e. The zero-order valence-electron chi connectivity index (χ0n) is 14.8. The van der Waals surface area contributed by atoms with Crippen molar-refractivity contribution < 1.29 is 8.91 Å². The standard InChI is InChI=1S/C19H20FN5O/c1-13-12-25(10-9-24(13)2)17-8-7-14(11-21-17)19-22-18(23-26-19)15-5-3-4-6-16(15)20/h3-8,11,13H,9-10,12H2,1-2H3/t13-/m0/s1. The highest BCUT2D eigenvalue weighted by Crippen LogP contribution is 2.25. The van der Waals surface area contributed by atoms with Crippen molar-refractivity contribution in [3.05, 3.63) is 48.4 Å². The maximum atomic E-state index is 13.9. The van der Waals surface area contributed by atoms with Crippen LogP contribution in [0.4, 0.5) is 10.2 Å². The maximum Gasteiger partial charge on any atom is 0.259 e. The number of halogens is 1. The molecule has 1 atom stereocenters. The molecule has 3 heterocycles. The summed E-state index contributed by atoms with van der Waals surface area (Å²) in [6.45, 7) is 5.12. The zero-order valence-corrected chi connectivity index (χ0v) is 14.8. The first kappa shape index (κ1) is 16.7. The Hall–Kier alpha value is -2.80. The SMILES string of the molecule is C[C@H]1CN(c2ccc(-c3nc(-c4ccccc4F)no3)cn2)CCN1C. The molecule has 1 fully saturated rings. The molecule has 0 spiro atoms. The molecule has 0 radical (unpaired) electrons. The Morgan fingerprint density at radius 2 is 2.00 bits per heavy atom. The van der Waals surface area contributed by atoms with E-state index < -0.39 is 0 Å². The molecule has 1 saturated heterocycles. The lowest BCUT2D eigenvalue weighted by molar-refractivity contribution is 0.233. The van der Waals surface area contributed by atoms with Crippen molar-refractivity contribution in [2.45, 2.75) is 13.0 Å². The highest BCUT2D eigenvalue weighted by Gasteiger charge is 2.22. The Bertz CT molecular complexity index is 895. The first-order valence-corrected chi connectivity index (χ1v) is 8.62. The lowest BCUT2D eigenvalue weighted by Crippen LogP contribution is -2.50. The van der Waals surface area contributed by atoms with Crippen molar-refractivity contribution in [3.63, 3.8) is 0 Å². The van der Waals surface area contributed by atoms with Crippen LogP contribution < -0.4 is 4.90 Å². The lowest BCUT2D eigenvalue weighted by Gasteiger charge is -2.38. The molecule has 0 amide bonds. The Kier molecular flexibility index (Phi) is 4.38. The minimum absolute atomic E-state index is 0.232. The number of piperazine rings is 1. The van der Waals surface area contributed by atoms with Gasteiger partial charge in [-0.25, -0.2) is 9.37 Å². The normalized spacial score (nSPS) is 18.3. The van der Waals surface area contributed by atoms with E-state index in [0.717, 1.165) is 25.5 Å². The third-order valence-corrected chi connectivity index (χ3v) is 4.82. The van der Waals surface area contributed by atoms with Gasteiger partial charge in [-0.2, -0.15) is 4.98 Å². The van der Waals surface area contributed by atoms with E-state index in [1.807, 2.05) is 12.1 Å². The van der Waals surface area contributed by atoms with Crippen LogP contribution in [0.5, 0.6) is 0 Å². The van der Waals surface area contributed by atoms with Crippen molar-refractivity contribution in [1.82, 2.24) is 20.0 Å². The van der Waals surface area contributed by atoms with E-state index in [1.165, 1.54) is 6.07 Å². The van der Waals surface area contributed by atoms with Crippen molar-refractivity contribution >= 4 is 5.82 Å². The summed E-state index contributed by atoms with van der Waals surface area (Å²) in [5.74, 6) is 1.11. The minimum atomic E-state index is -0.377. The zero-order chi connectivity index (χ0) is 18.1. The van der Waals surface area contributed by atoms with E-state index in [0.29, 0.717) is 23.1 Å². The summed E-state index contributed by atoms with van der Waals surface area (Å²) in [5.41, 5.74) is 1.03. The highest BCUT2D eigenvalue weighted by molar-refractivity contribution is 5.60. The summed E-state index contributed by atoms with van der Waals surface area (Å²) < 4.78 is 19.2. The van der Waals surface area contributed by atoms with E-state index in [4.69, 9.17) is 4.52 Å². The molecule has 6 nitrogen and oxygen atoms in total. The predicted molar refractivity (Wildman–Crippen MR) is 97.2 cm³/mol. The largest absolute Gasteiger partial charge is 0.354 e. The average Bonchev–Trinajstić information content (AvgIpc) is 3.14. The van der Waals surface area contributed by atoms with Crippen molar-refractivity contribution in [2.75, 3.05) is 31.6 Å². The Morgan fingerprint density at radius 1 is 1.15 bits per heavy atom. The van der Waals surface area contributed by atoms with Gasteiger partial charge in [0.1, 0.15) is 11.6 Å². The number of likely N-dealkylation sites (N-methyl/N-ethyl adjacent to an activating group) is 1. The molecule has 1 aromatic carbocycles. The van der Waals surface area contributed by atoms with E-state index in [9.17, 15) is 4.39 Å². The second kappa shape index (κ2) is 6.84. The number of pyridine rings is 1. The number of hydrogen-bond acceptors (Lipinski definition) is 6. The van der Waals surface area contributed by atoms with Crippen LogP contribution in [0, 0.1) is 5.82 Å². The minimum Gasteiger partial charge on any atom is -0.354 e. The van der Waals surface area contributed by atoms with Gasteiger partial charge in [-0.15, -0.1) is 0 Å². The molecule has 0 unspecified atom stereocenters. The molecule has 0 N–H and O–H groups in total. The van der Waals surface area contributed by atoms with Gasteiger partial charge < -0.3 is 14.3 Å². The molecule has 7 heteroatoms. The number of rotatable bonds is 3. The van der Waals surface area contributed by atoms with Crippen LogP contribution in [0.3, 0.4) is 0 Å². The van der Waals surface area contributed by atoms with Gasteiger partial charge in [-0.05, 0) is 38.2 Å². The number of benzene rings is 1. The van der Waals surface area contributed by atoms with Crippen LogP contribution >= 0.6 is 0 Å². The fraction of sp³-hybridized carbons (Fsp3) is 0.316. The number of nitrogens with zero attached hydrogens (tertiary/aromatic N) is 5. The van der Waals surface area contributed by atoms with Gasteiger partial charge in [0, 0.05) is 31.9 Å². The molecule has 3 aromatic rings. The number of anilines is 1. The van der Waals surface area contributed by atoms with Crippen LogP contribution in [0.15, 0.2) is 47.1 Å². The van der Waals surface area contributed by atoms with Crippen LogP contribution in [-0.4, -0.2) is 52.7 Å². The van der Waals surface area contributed by atoms with Crippen molar-refractivity contribution in [1.29, 1.82) is 0 Å². The molecular weight excluding hydrogens is 333 g/mol. The van der Waals surface area contributed by atoms with Gasteiger partial charge in [-0.3, -0.25) is 0 Å². The number of aromatic nitrogens is 3. The van der Waals surface area contributed by atoms with Gasteiger partial charge in [0.25, 0.3) is 5.89 Å². The Balaban J connectivity index is 1.54. The predicted octanol–water partition coefficient (Wildman–Crippen LogP) is 3.08. The van der Waals surface area contributed by atoms with Crippen LogP contribution in [-0.2, 0) is 0 Å². The molecule has 2 aromatic heterocycles. The van der Waals surface area contributed by atoms with Gasteiger partial charge in [0.15, 0.2) is 0 Å². The molecule has 4 rings (SSSR count). The average molecular weight is 353 g/mol. The first-order chi connectivity index (χ1) is 12.6. The molecule has 0 bridgehead atoms. The second-order valence-corrected chi connectivity index (χ2v) is 6.58.